The van der Waals surface area contributed by atoms with Gasteiger partial charge in [0.25, 0.3) is 5.91 Å². The largest absolute Gasteiger partial charge is 0.493 e. The molecule has 3 aromatic rings. The lowest BCUT2D eigenvalue weighted by Gasteiger charge is -2.25. The number of thiophene rings is 1. The minimum Gasteiger partial charge on any atom is -0.493 e. The van der Waals surface area contributed by atoms with Gasteiger partial charge in [0.1, 0.15) is 13.2 Å². The van der Waals surface area contributed by atoms with E-state index in [1.54, 1.807) is 28.4 Å². The zero-order valence-corrected chi connectivity index (χ0v) is 18.1. The van der Waals surface area contributed by atoms with Crippen LogP contribution in [0.15, 0.2) is 47.8 Å². The molecule has 4 rings (SSSR count). The summed E-state index contributed by atoms with van der Waals surface area (Å²) >= 11 is 7.92. The summed E-state index contributed by atoms with van der Waals surface area (Å²) in [6.07, 6.45) is 0. The number of anilines is 1. The van der Waals surface area contributed by atoms with Gasteiger partial charge in [-0.3, -0.25) is 4.79 Å². The molecular weight excluding hydrogens is 426 g/mol. The molecule has 1 aliphatic rings. The predicted molar refractivity (Wildman–Crippen MR) is 117 cm³/mol. The number of carbonyl (C=O) groups excluding carboxylic acids is 1. The second-order valence-corrected chi connectivity index (χ2v) is 7.93. The third kappa shape index (κ3) is 4.04. The third-order valence-electron chi connectivity index (χ3n) is 4.66. The molecular formula is C22H20ClNO5S. The molecule has 2 aromatic carbocycles. The molecule has 1 amide bonds. The van der Waals surface area contributed by atoms with Crippen molar-refractivity contribution >= 4 is 34.5 Å². The summed E-state index contributed by atoms with van der Waals surface area (Å²) in [4.78, 5) is 16.3. The minimum atomic E-state index is -0.220. The van der Waals surface area contributed by atoms with Crippen molar-refractivity contribution in [3.8, 4) is 23.0 Å². The van der Waals surface area contributed by atoms with E-state index in [1.807, 2.05) is 35.7 Å². The van der Waals surface area contributed by atoms with Gasteiger partial charge in [0.15, 0.2) is 23.0 Å². The number of halogens is 1. The van der Waals surface area contributed by atoms with Crippen LogP contribution in [0.1, 0.15) is 15.2 Å². The van der Waals surface area contributed by atoms with Crippen molar-refractivity contribution in [2.45, 2.75) is 6.54 Å². The molecule has 0 spiro atoms. The Morgan fingerprint density at radius 1 is 1.10 bits per heavy atom. The van der Waals surface area contributed by atoms with Gasteiger partial charge in [-0.1, -0.05) is 17.7 Å². The molecule has 1 aliphatic heterocycles. The lowest BCUT2D eigenvalue weighted by Crippen LogP contribution is -2.30. The fourth-order valence-corrected chi connectivity index (χ4v) is 4.22. The van der Waals surface area contributed by atoms with Crippen LogP contribution in [0.5, 0.6) is 23.0 Å². The normalized spacial score (nSPS) is 12.4. The van der Waals surface area contributed by atoms with E-state index >= 15 is 0 Å². The van der Waals surface area contributed by atoms with Crippen molar-refractivity contribution in [3.05, 3.63) is 63.3 Å². The molecule has 0 fully saturated rings. The number of rotatable bonds is 6. The number of carbonyl (C=O) groups is 1. The first-order chi connectivity index (χ1) is 14.6. The van der Waals surface area contributed by atoms with Crippen LogP contribution in [0.2, 0.25) is 5.02 Å². The van der Waals surface area contributed by atoms with Crippen LogP contribution in [-0.4, -0.2) is 33.3 Å². The highest BCUT2D eigenvalue weighted by molar-refractivity contribution is 7.09. The Morgan fingerprint density at radius 3 is 2.60 bits per heavy atom. The molecule has 8 heteroatoms. The van der Waals surface area contributed by atoms with Crippen LogP contribution in [0.25, 0.3) is 0 Å². The molecule has 0 unspecified atom stereocenters. The van der Waals surface area contributed by atoms with Crippen LogP contribution in [-0.2, 0) is 6.54 Å². The van der Waals surface area contributed by atoms with Gasteiger partial charge in [-0.25, -0.2) is 0 Å². The molecule has 0 saturated heterocycles. The molecule has 2 heterocycles. The standard InChI is InChI=1S/C22H20ClNO5S/c1-26-20-11-14(10-17(23)21(20)27-2)22(25)24(13-16-4-3-9-30-16)15-5-6-18-19(12-15)29-8-7-28-18/h3-6,9-12H,7-8,13H2,1-2H3. The second kappa shape index (κ2) is 8.85. The van der Waals surface area contributed by atoms with E-state index in [9.17, 15) is 4.79 Å². The zero-order valence-electron chi connectivity index (χ0n) is 16.5. The van der Waals surface area contributed by atoms with Crippen molar-refractivity contribution in [3.63, 3.8) is 0 Å². The average molecular weight is 446 g/mol. The van der Waals surface area contributed by atoms with Crippen molar-refractivity contribution in [1.82, 2.24) is 0 Å². The lowest BCUT2D eigenvalue weighted by molar-refractivity contribution is 0.0984. The number of methoxy groups -OCH3 is 2. The van der Waals surface area contributed by atoms with Crippen LogP contribution in [0, 0.1) is 0 Å². The first-order valence-corrected chi connectivity index (χ1v) is 10.5. The Morgan fingerprint density at radius 2 is 1.90 bits per heavy atom. The van der Waals surface area contributed by atoms with E-state index in [4.69, 9.17) is 30.5 Å². The topological polar surface area (TPSA) is 57.2 Å². The molecule has 0 aliphatic carbocycles. The molecule has 30 heavy (non-hydrogen) atoms. The maximum absolute atomic E-state index is 13.6. The Bertz CT molecular complexity index is 1050. The third-order valence-corrected chi connectivity index (χ3v) is 5.80. The fourth-order valence-electron chi connectivity index (χ4n) is 3.24. The van der Waals surface area contributed by atoms with Crippen LogP contribution in [0.3, 0.4) is 0 Å². The van der Waals surface area contributed by atoms with Crippen LogP contribution < -0.4 is 23.8 Å². The molecule has 1 aromatic heterocycles. The van der Waals surface area contributed by atoms with Gasteiger partial charge in [0.05, 0.1) is 25.8 Å². The van der Waals surface area contributed by atoms with Crippen molar-refractivity contribution in [2.75, 3.05) is 32.3 Å². The average Bonchev–Trinajstić information content (AvgIpc) is 3.29. The number of hydrogen-bond donors (Lipinski definition) is 0. The van der Waals surface area contributed by atoms with Gasteiger partial charge in [-0.2, -0.15) is 0 Å². The highest BCUT2D eigenvalue weighted by Gasteiger charge is 2.24. The second-order valence-electron chi connectivity index (χ2n) is 6.49. The van der Waals surface area contributed by atoms with E-state index in [2.05, 4.69) is 0 Å². The Kier molecular flexibility index (Phi) is 6.01. The Labute approximate surface area is 183 Å². The SMILES string of the molecule is COc1cc(C(=O)N(Cc2cccs2)c2ccc3c(c2)OCCO3)cc(Cl)c1OC. The summed E-state index contributed by atoms with van der Waals surface area (Å²) in [5, 5.41) is 2.29. The maximum atomic E-state index is 13.6. The molecule has 156 valence electrons. The Hall–Kier alpha value is -2.90. The number of benzene rings is 2. The summed E-state index contributed by atoms with van der Waals surface area (Å²) in [5.41, 5.74) is 1.09. The molecule has 6 nitrogen and oxygen atoms in total. The van der Waals surface area contributed by atoms with Gasteiger partial charge in [-0.15, -0.1) is 11.3 Å². The smallest absolute Gasteiger partial charge is 0.258 e. The quantitative estimate of drug-likeness (QED) is 0.532. The summed E-state index contributed by atoms with van der Waals surface area (Å²) in [6, 6.07) is 12.7. The van der Waals surface area contributed by atoms with Gasteiger partial charge in [0, 0.05) is 22.2 Å². The summed E-state index contributed by atoms with van der Waals surface area (Å²) < 4.78 is 22.0. The monoisotopic (exact) mass is 445 g/mol. The van der Waals surface area contributed by atoms with Gasteiger partial charge in [-0.05, 0) is 35.7 Å². The van der Waals surface area contributed by atoms with Crippen LogP contribution in [0.4, 0.5) is 5.69 Å². The molecule has 0 radical (unpaired) electrons. The Balaban J connectivity index is 1.75. The van der Waals surface area contributed by atoms with Gasteiger partial charge >= 0.3 is 0 Å². The first-order valence-electron chi connectivity index (χ1n) is 9.26. The summed E-state index contributed by atoms with van der Waals surface area (Å²) in [6.45, 7) is 1.39. The molecule has 0 saturated carbocycles. The van der Waals surface area contributed by atoms with E-state index in [-0.39, 0.29) is 5.91 Å². The number of amides is 1. The van der Waals surface area contributed by atoms with E-state index in [1.165, 1.54) is 14.2 Å². The van der Waals surface area contributed by atoms with Gasteiger partial charge in [0.2, 0.25) is 0 Å². The van der Waals surface area contributed by atoms with Crippen molar-refractivity contribution in [2.24, 2.45) is 0 Å². The highest BCUT2D eigenvalue weighted by atomic mass is 35.5. The zero-order chi connectivity index (χ0) is 21.1. The number of nitrogens with zero attached hydrogens (tertiary/aromatic N) is 1. The van der Waals surface area contributed by atoms with E-state index < -0.39 is 0 Å². The summed E-state index contributed by atoms with van der Waals surface area (Å²) in [5.74, 6) is 1.85. The van der Waals surface area contributed by atoms with Crippen LogP contribution >= 0.6 is 22.9 Å². The highest BCUT2D eigenvalue weighted by Crippen LogP contribution is 2.38. The van der Waals surface area contributed by atoms with Crippen molar-refractivity contribution < 1.29 is 23.7 Å². The lowest BCUT2D eigenvalue weighted by atomic mass is 10.1. The molecule has 0 bridgehead atoms. The van der Waals surface area contributed by atoms with E-state index in [0.29, 0.717) is 59.0 Å². The first kappa shape index (κ1) is 20.4. The van der Waals surface area contributed by atoms with Crippen molar-refractivity contribution in [1.29, 1.82) is 0 Å². The molecule has 0 N–H and O–H groups in total. The number of ether oxygens (including phenoxy) is 4. The molecule has 0 atom stereocenters. The number of fused-ring (bicyclic) bond motifs is 1. The summed E-state index contributed by atoms with van der Waals surface area (Å²) in [7, 11) is 3.01. The minimum absolute atomic E-state index is 0.220. The predicted octanol–water partition coefficient (Wildman–Crippen LogP) is 5.04. The fraction of sp³-hybridized carbons (Fsp3) is 0.227. The maximum Gasteiger partial charge on any atom is 0.258 e. The van der Waals surface area contributed by atoms with Gasteiger partial charge < -0.3 is 23.8 Å². The van der Waals surface area contributed by atoms with E-state index in [0.717, 1.165) is 4.88 Å². The number of hydrogen-bond acceptors (Lipinski definition) is 6.